The van der Waals surface area contributed by atoms with Gasteiger partial charge in [-0.3, -0.25) is 4.79 Å². The molecular weight excluding hydrogens is 414 g/mol. The summed E-state index contributed by atoms with van der Waals surface area (Å²) in [6.07, 6.45) is 1.74. The van der Waals surface area contributed by atoms with Gasteiger partial charge in [0.25, 0.3) is 5.91 Å². The van der Waals surface area contributed by atoms with Gasteiger partial charge in [-0.15, -0.1) is 0 Å². The number of rotatable bonds is 4. The molecule has 4 rings (SSSR count). The molecule has 7 nitrogen and oxygen atoms in total. The second kappa shape index (κ2) is 8.61. The van der Waals surface area contributed by atoms with Crippen LogP contribution in [0.1, 0.15) is 27.9 Å². The minimum atomic E-state index is -3.64. The van der Waals surface area contributed by atoms with Gasteiger partial charge in [-0.1, -0.05) is 12.1 Å². The van der Waals surface area contributed by atoms with Crippen LogP contribution in [0.3, 0.4) is 0 Å². The van der Waals surface area contributed by atoms with Crippen molar-refractivity contribution < 1.29 is 17.9 Å². The minimum absolute atomic E-state index is 0.163. The van der Waals surface area contributed by atoms with E-state index in [4.69, 9.17) is 4.74 Å². The number of hydrogen-bond acceptors (Lipinski definition) is 5. The van der Waals surface area contributed by atoms with E-state index in [-0.39, 0.29) is 10.8 Å². The van der Waals surface area contributed by atoms with E-state index in [0.717, 1.165) is 29.7 Å². The number of carbonyl (C=O) groups excluding carboxylic acids is 1. The van der Waals surface area contributed by atoms with Gasteiger partial charge in [0.15, 0.2) is 0 Å². The largest absolute Gasteiger partial charge is 0.495 e. The number of benzene rings is 2. The Morgan fingerprint density at radius 2 is 1.77 bits per heavy atom. The fourth-order valence-corrected chi connectivity index (χ4v) is 5.81. The Morgan fingerprint density at radius 3 is 2.48 bits per heavy atom. The zero-order valence-corrected chi connectivity index (χ0v) is 19.1. The van der Waals surface area contributed by atoms with Crippen molar-refractivity contribution in [3.05, 3.63) is 53.1 Å². The highest BCUT2D eigenvalue weighted by molar-refractivity contribution is 7.89. The van der Waals surface area contributed by atoms with Gasteiger partial charge in [-0.2, -0.15) is 4.31 Å². The molecule has 0 atom stereocenters. The molecule has 1 amide bonds. The number of carbonyl (C=O) groups is 1. The highest BCUT2D eigenvalue weighted by Crippen LogP contribution is 2.39. The molecule has 0 aliphatic carbocycles. The van der Waals surface area contributed by atoms with Crippen LogP contribution >= 0.6 is 0 Å². The number of amides is 1. The number of hydrogen-bond donors (Lipinski definition) is 0. The normalized spacial score (nSPS) is 18.0. The third-order valence-electron chi connectivity index (χ3n) is 6.20. The molecule has 1 saturated heterocycles. The Balaban J connectivity index is 1.67. The van der Waals surface area contributed by atoms with Crippen LogP contribution < -0.4 is 9.64 Å². The first-order valence-electron chi connectivity index (χ1n) is 10.6. The lowest BCUT2D eigenvalue weighted by Crippen LogP contribution is -2.47. The Kier molecular flexibility index (Phi) is 6.05. The van der Waals surface area contributed by atoms with Crippen LogP contribution in [0.15, 0.2) is 41.3 Å². The lowest BCUT2D eigenvalue weighted by Gasteiger charge is -2.32. The Hall–Kier alpha value is -2.42. The van der Waals surface area contributed by atoms with Crippen LogP contribution in [-0.2, 0) is 16.4 Å². The Bertz CT molecular complexity index is 1090. The summed E-state index contributed by atoms with van der Waals surface area (Å²) in [7, 11) is -0.0566. The fraction of sp³-hybridized carbons (Fsp3) is 0.435. The Morgan fingerprint density at radius 1 is 1.03 bits per heavy atom. The highest BCUT2D eigenvalue weighted by atomic mass is 32.2. The van der Waals surface area contributed by atoms with Gasteiger partial charge in [0.2, 0.25) is 10.0 Å². The van der Waals surface area contributed by atoms with Crippen LogP contribution in [0.4, 0.5) is 5.69 Å². The first-order valence-corrected chi connectivity index (χ1v) is 12.0. The molecule has 8 heteroatoms. The summed E-state index contributed by atoms with van der Waals surface area (Å²) in [5.41, 5.74) is 3.40. The molecule has 2 aliphatic heterocycles. The van der Waals surface area contributed by atoms with Crippen LogP contribution in [0.2, 0.25) is 0 Å². The number of fused-ring (bicyclic) bond motifs is 1. The zero-order valence-electron chi connectivity index (χ0n) is 18.3. The van der Waals surface area contributed by atoms with E-state index in [0.29, 0.717) is 44.0 Å². The smallest absolute Gasteiger partial charge is 0.258 e. The summed E-state index contributed by atoms with van der Waals surface area (Å²) in [5.74, 6) is 0.454. The SMILES string of the molecule is COc1ccc(C)c2c1N(C(=O)c1cccc(S(=O)(=O)N3CCN(C)CC3)c1)CCC2. The number of ether oxygens (including phenoxy) is 1. The summed E-state index contributed by atoms with van der Waals surface area (Å²) >= 11 is 0. The predicted octanol–water partition coefficient (Wildman–Crippen LogP) is 2.53. The lowest BCUT2D eigenvalue weighted by molar-refractivity contribution is 0.0984. The summed E-state index contributed by atoms with van der Waals surface area (Å²) in [5, 5.41) is 0. The summed E-state index contributed by atoms with van der Waals surface area (Å²) < 4.78 is 33.4. The van der Waals surface area contributed by atoms with E-state index in [1.54, 1.807) is 30.2 Å². The minimum Gasteiger partial charge on any atom is -0.495 e. The van der Waals surface area contributed by atoms with Gasteiger partial charge in [-0.25, -0.2) is 8.42 Å². The molecule has 0 saturated carbocycles. The molecule has 0 N–H and O–H groups in total. The fourth-order valence-electron chi connectivity index (χ4n) is 4.34. The van der Waals surface area contributed by atoms with Gasteiger partial charge in [0.1, 0.15) is 5.75 Å². The number of sulfonamides is 1. The third kappa shape index (κ3) is 4.07. The van der Waals surface area contributed by atoms with E-state index in [1.165, 1.54) is 10.4 Å². The summed E-state index contributed by atoms with van der Waals surface area (Å²) in [6.45, 7) is 4.90. The Labute approximate surface area is 184 Å². The second-order valence-electron chi connectivity index (χ2n) is 8.21. The summed E-state index contributed by atoms with van der Waals surface area (Å²) in [4.78, 5) is 17.5. The maximum atomic E-state index is 13.5. The van der Waals surface area contributed by atoms with E-state index < -0.39 is 10.0 Å². The number of aryl methyl sites for hydroxylation is 1. The highest BCUT2D eigenvalue weighted by Gasteiger charge is 2.31. The van der Waals surface area contributed by atoms with Crippen molar-refractivity contribution in [2.24, 2.45) is 0 Å². The predicted molar refractivity (Wildman–Crippen MR) is 120 cm³/mol. The average molecular weight is 444 g/mol. The molecule has 2 aromatic carbocycles. The topological polar surface area (TPSA) is 70.2 Å². The van der Waals surface area contributed by atoms with E-state index in [2.05, 4.69) is 4.90 Å². The maximum absolute atomic E-state index is 13.5. The van der Waals surface area contributed by atoms with Crippen molar-refractivity contribution in [2.45, 2.75) is 24.7 Å². The molecule has 1 fully saturated rings. The van der Waals surface area contributed by atoms with Crippen LogP contribution in [-0.4, -0.2) is 70.4 Å². The van der Waals surface area contributed by atoms with Crippen LogP contribution in [0, 0.1) is 6.92 Å². The summed E-state index contributed by atoms with van der Waals surface area (Å²) in [6, 6.07) is 10.3. The molecule has 0 radical (unpaired) electrons. The quantitative estimate of drug-likeness (QED) is 0.726. The third-order valence-corrected chi connectivity index (χ3v) is 8.10. The van der Waals surface area contributed by atoms with E-state index in [9.17, 15) is 13.2 Å². The molecule has 0 unspecified atom stereocenters. The van der Waals surface area contributed by atoms with Crippen molar-refractivity contribution in [2.75, 3.05) is 51.8 Å². The first kappa shape index (κ1) is 21.8. The molecular formula is C23H29N3O4S. The molecule has 2 heterocycles. The molecule has 0 spiro atoms. The monoisotopic (exact) mass is 443 g/mol. The molecule has 2 aliphatic rings. The van der Waals surface area contributed by atoms with E-state index >= 15 is 0 Å². The lowest BCUT2D eigenvalue weighted by atomic mass is 9.95. The van der Waals surface area contributed by atoms with Gasteiger partial charge in [-0.05, 0) is 62.2 Å². The molecule has 0 bridgehead atoms. The van der Waals surface area contributed by atoms with Gasteiger partial charge in [0.05, 0.1) is 17.7 Å². The standard InChI is InChI=1S/C23H29N3O4S/c1-17-9-10-21(30-3)22-20(17)8-5-11-26(22)23(27)18-6-4-7-19(16-18)31(28,29)25-14-12-24(2)13-15-25/h4,6-7,9-10,16H,5,8,11-15H2,1-3H3. The molecule has 166 valence electrons. The maximum Gasteiger partial charge on any atom is 0.258 e. The van der Waals surface area contributed by atoms with Crippen molar-refractivity contribution in [1.82, 2.24) is 9.21 Å². The first-order chi connectivity index (χ1) is 14.8. The average Bonchev–Trinajstić information content (AvgIpc) is 2.79. The number of likely N-dealkylation sites (N-methyl/N-ethyl adjacent to an activating group) is 1. The van der Waals surface area contributed by atoms with Crippen molar-refractivity contribution in [3.8, 4) is 5.75 Å². The van der Waals surface area contributed by atoms with Gasteiger partial charge in [0, 0.05) is 38.3 Å². The van der Waals surface area contributed by atoms with Crippen LogP contribution in [0.5, 0.6) is 5.75 Å². The van der Waals surface area contributed by atoms with Crippen molar-refractivity contribution in [3.63, 3.8) is 0 Å². The van der Waals surface area contributed by atoms with Crippen molar-refractivity contribution >= 4 is 21.6 Å². The van der Waals surface area contributed by atoms with Crippen molar-refractivity contribution in [1.29, 1.82) is 0 Å². The van der Waals surface area contributed by atoms with Crippen LogP contribution in [0.25, 0.3) is 0 Å². The molecule has 0 aromatic heterocycles. The number of nitrogens with zero attached hydrogens (tertiary/aromatic N) is 3. The number of piperazine rings is 1. The number of anilines is 1. The zero-order chi connectivity index (χ0) is 22.2. The molecule has 2 aromatic rings. The van der Waals surface area contributed by atoms with Gasteiger partial charge < -0.3 is 14.5 Å². The molecule has 31 heavy (non-hydrogen) atoms. The van der Waals surface area contributed by atoms with Gasteiger partial charge >= 0.3 is 0 Å². The number of methoxy groups -OCH3 is 1. The van der Waals surface area contributed by atoms with E-state index in [1.807, 2.05) is 26.1 Å². The second-order valence-corrected chi connectivity index (χ2v) is 10.1.